The van der Waals surface area contributed by atoms with Crippen LogP contribution in [0.1, 0.15) is 31.4 Å². The Morgan fingerprint density at radius 1 is 1.21 bits per heavy atom. The van der Waals surface area contributed by atoms with Gasteiger partial charge < -0.3 is 14.2 Å². The molecule has 5 rings (SSSR count). The molecule has 2 aliphatic rings. The zero-order valence-electron chi connectivity index (χ0n) is 18.5. The van der Waals surface area contributed by atoms with Crippen LogP contribution in [0.15, 0.2) is 41.3 Å². The fraction of sp³-hybridized carbons (Fsp3) is 0.429. The van der Waals surface area contributed by atoms with E-state index in [0.717, 1.165) is 42.8 Å². The number of benzene rings is 1. The van der Waals surface area contributed by atoms with Crippen LogP contribution in [0.4, 0.5) is 0 Å². The number of hydrogen-bond donors (Lipinski definition) is 1. The molecular formula is C21H26N8O3S. The quantitative estimate of drug-likeness (QED) is 0.605. The maximum Gasteiger partial charge on any atom is 0.323 e. The van der Waals surface area contributed by atoms with Gasteiger partial charge in [0.1, 0.15) is 23.4 Å². The minimum Gasteiger partial charge on any atom is -0.495 e. The molecule has 0 spiro atoms. The molecule has 11 nitrogen and oxygen atoms in total. The summed E-state index contributed by atoms with van der Waals surface area (Å²) in [6.07, 6.45) is 8.72. The van der Waals surface area contributed by atoms with Gasteiger partial charge in [0.2, 0.25) is 0 Å². The van der Waals surface area contributed by atoms with E-state index in [1.807, 2.05) is 47.0 Å². The summed E-state index contributed by atoms with van der Waals surface area (Å²) in [5.74, 6) is 1.32. The average Bonchev–Trinajstić information content (AvgIpc) is 3.36. The highest BCUT2D eigenvalue weighted by molar-refractivity contribution is 7.88. The molecule has 3 aromatic rings. The van der Waals surface area contributed by atoms with Gasteiger partial charge in [-0.15, -0.1) is 9.50 Å². The lowest BCUT2D eigenvalue weighted by molar-refractivity contribution is 0.250. The Morgan fingerprint density at radius 3 is 2.88 bits per heavy atom. The topological polar surface area (TPSA) is 120 Å². The summed E-state index contributed by atoms with van der Waals surface area (Å²) < 4.78 is 40.3. The third-order valence-corrected chi connectivity index (χ3v) is 6.90. The molecule has 1 saturated heterocycles. The van der Waals surface area contributed by atoms with Crippen LogP contribution in [0.5, 0.6) is 5.75 Å². The molecule has 33 heavy (non-hydrogen) atoms. The average molecular weight is 471 g/mol. The number of aromatic nitrogens is 5. The Hall–Kier alpha value is -3.25. The van der Waals surface area contributed by atoms with Crippen LogP contribution in [0.2, 0.25) is 0 Å². The summed E-state index contributed by atoms with van der Waals surface area (Å²) in [5, 5.41) is 8.55. The lowest BCUT2D eigenvalue weighted by atomic mass is 10.1. The molecule has 12 heteroatoms. The van der Waals surface area contributed by atoms with E-state index >= 15 is 0 Å². The van der Waals surface area contributed by atoms with Crippen molar-refractivity contribution in [3.05, 3.63) is 42.6 Å². The summed E-state index contributed by atoms with van der Waals surface area (Å²) in [7, 11) is -2.09. The SMILES string of the molecule is COc1cc(-c2cn(C[C@H]3NS(=O)(=O)N=C4CCCCCN43)nn2)ccc1-n1cnc(C)c1. The number of fused-ring (bicyclic) bond motifs is 1. The number of ether oxygens (including phenoxy) is 1. The second kappa shape index (κ2) is 8.60. The third-order valence-electron chi connectivity index (χ3n) is 5.88. The summed E-state index contributed by atoms with van der Waals surface area (Å²) in [5.41, 5.74) is 3.31. The van der Waals surface area contributed by atoms with Gasteiger partial charge in [0.15, 0.2) is 0 Å². The summed E-state index contributed by atoms with van der Waals surface area (Å²) in [6.45, 7) is 3.03. The molecule has 2 aliphatic heterocycles. The van der Waals surface area contributed by atoms with Crippen LogP contribution >= 0.6 is 0 Å². The first-order chi connectivity index (χ1) is 15.9. The van der Waals surface area contributed by atoms with Crippen LogP contribution in [-0.2, 0) is 16.8 Å². The molecule has 4 heterocycles. The zero-order valence-corrected chi connectivity index (χ0v) is 19.4. The zero-order chi connectivity index (χ0) is 23.0. The van der Waals surface area contributed by atoms with Crippen molar-refractivity contribution in [2.75, 3.05) is 13.7 Å². The first-order valence-corrected chi connectivity index (χ1v) is 12.3. The number of rotatable bonds is 5. The van der Waals surface area contributed by atoms with E-state index in [1.165, 1.54) is 0 Å². The molecule has 174 valence electrons. The van der Waals surface area contributed by atoms with Crippen LogP contribution < -0.4 is 9.46 Å². The maximum absolute atomic E-state index is 12.3. The molecule has 0 aliphatic carbocycles. The van der Waals surface area contributed by atoms with Gasteiger partial charge in [0, 0.05) is 24.7 Å². The first-order valence-electron chi connectivity index (χ1n) is 10.9. The van der Waals surface area contributed by atoms with E-state index in [4.69, 9.17) is 4.74 Å². The van der Waals surface area contributed by atoms with Crippen molar-refractivity contribution in [1.82, 2.24) is 34.2 Å². The molecule has 0 unspecified atom stereocenters. The molecule has 1 fully saturated rings. The van der Waals surface area contributed by atoms with Gasteiger partial charge in [-0.3, -0.25) is 0 Å². The number of methoxy groups -OCH3 is 1. The predicted octanol–water partition coefficient (Wildman–Crippen LogP) is 1.90. The molecular weight excluding hydrogens is 444 g/mol. The minimum atomic E-state index is -3.71. The molecule has 0 saturated carbocycles. The molecule has 2 aromatic heterocycles. The second-order valence-corrected chi connectivity index (χ2v) is 9.62. The highest BCUT2D eigenvalue weighted by Gasteiger charge is 2.33. The lowest BCUT2D eigenvalue weighted by Gasteiger charge is -2.35. The van der Waals surface area contributed by atoms with E-state index in [1.54, 1.807) is 18.1 Å². The van der Waals surface area contributed by atoms with Crippen LogP contribution in [-0.4, -0.2) is 63.5 Å². The minimum absolute atomic E-state index is 0.328. The number of hydrogen-bond acceptors (Lipinski definition) is 7. The van der Waals surface area contributed by atoms with Crippen molar-refractivity contribution in [2.24, 2.45) is 4.40 Å². The van der Waals surface area contributed by atoms with Gasteiger partial charge in [-0.05, 0) is 31.9 Å². The fourth-order valence-corrected chi connectivity index (χ4v) is 5.36. The Bertz CT molecular complexity index is 1300. The van der Waals surface area contributed by atoms with Crippen molar-refractivity contribution >= 4 is 16.0 Å². The number of nitrogens with one attached hydrogen (secondary N) is 1. The van der Waals surface area contributed by atoms with E-state index < -0.39 is 16.4 Å². The monoisotopic (exact) mass is 470 g/mol. The van der Waals surface area contributed by atoms with Crippen LogP contribution in [0.3, 0.4) is 0 Å². The van der Waals surface area contributed by atoms with Crippen molar-refractivity contribution in [2.45, 2.75) is 45.3 Å². The Labute approximate surface area is 192 Å². The fourth-order valence-electron chi connectivity index (χ4n) is 4.29. The van der Waals surface area contributed by atoms with Crippen molar-refractivity contribution < 1.29 is 13.2 Å². The summed E-state index contributed by atoms with van der Waals surface area (Å²) >= 11 is 0. The Balaban J connectivity index is 1.39. The highest BCUT2D eigenvalue weighted by Crippen LogP contribution is 2.29. The van der Waals surface area contributed by atoms with Gasteiger partial charge in [0.05, 0.1) is 37.6 Å². The Morgan fingerprint density at radius 2 is 2.09 bits per heavy atom. The normalized spacial score (nSPS) is 20.1. The first kappa shape index (κ1) is 21.6. The molecule has 1 N–H and O–H groups in total. The van der Waals surface area contributed by atoms with E-state index in [2.05, 4.69) is 24.4 Å². The number of nitrogens with zero attached hydrogens (tertiary/aromatic N) is 7. The summed E-state index contributed by atoms with van der Waals surface area (Å²) in [4.78, 5) is 6.32. The summed E-state index contributed by atoms with van der Waals surface area (Å²) in [6, 6.07) is 5.80. The van der Waals surface area contributed by atoms with Gasteiger partial charge in [-0.25, -0.2) is 9.67 Å². The molecule has 1 atom stereocenters. The van der Waals surface area contributed by atoms with Crippen LogP contribution in [0, 0.1) is 6.92 Å². The maximum atomic E-state index is 12.3. The standard InChI is InChI=1S/C21H26N8O3S/c1-15-11-27(14-22-15)18-8-7-16(10-19(18)32-2)17-12-28(26-23-17)13-21-25-33(30,31)24-20-6-4-3-5-9-29(20)21/h7-8,10-12,14,21,25H,3-6,9,13H2,1-2H3/t21-/m0/s1. The highest BCUT2D eigenvalue weighted by atomic mass is 32.2. The van der Waals surface area contributed by atoms with Crippen molar-refractivity contribution in [3.8, 4) is 22.7 Å². The van der Waals surface area contributed by atoms with E-state index in [9.17, 15) is 8.42 Å². The molecule has 0 bridgehead atoms. The molecule has 0 amide bonds. The van der Waals surface area contributed by atoms with Gasteiger partial charge >= 0.3 is 10.2 Å². The van der Waals surface area contributed by atoms with Gasteiger partial charge in [-0.1, -0.05) is 17.7 Å². The largest absolute Gasteiger partial charge is 0.495 e. The Kier molecular flexibility index (Phi) is 5.62. The van der Waals surface area contributed by atoms with Crippen molar-refractivity contribution in [1.29, 1.82) is 0 Å². The third kappa shape index (κ3) is 4.48. The van der Waals surface area contributed by atoms with Gasteiger partial charge in [-0.2, -0.15) is 13.1 Å². The predicted molar refractivity (Wildman–Crippen MR) is 122 cm³/mol. The number of imidazole rings is 1. The van der Waals surface area contributed by atoms with Crippen LogP contribution in [0.25, 0.3) is 16.9 Å². The van der Waals surface area contributed by atoms with Crippen molar-refractivity contribution in [3.63, 3.8) is 0 Å². The second-order valence-electron chi connectivity index (χ2n) is 8.26. The number of amidine groups is 1. The molecule has 1 aromatic carbocycles. The van der Waals surface area contributed by atoms with Gasteiger partial charge in [0.25, 0.3) is 0 Å². The van der Waals surface area contributed by atoms with E-state index in [-0.39, 0.29) is 0 Å². The molecule has 0 radical (unpaired) electrons. The number of aryl methyl sites for hydroxylation is 1. The smallest absolute Gasteiger partial charge is 0.323 e. The van der Waals surface area contributed by atoms with E-state index in [0.29, 0.717) is 30.2 Å². The lowest BCUT2D eigenvalue weighted by Crippen LogP contribution is -2.56.